The molecule has 0 aromatic heterocycles. The Morgan fingerprint density at radius 1 is 1.21 bits per heavy atom. The van der Waals surface area contributed by atoms with Crippen LogP contribution in [-0.2, 0) is 0 Å². The zero-order valence-corrected chi connectivity index (χ0v) is 21.2. The van der Waals surface area contributed by atoms with Crippen molar-refractivity contribution in [2.24, 2.45) is 10.9 Å². The number of methoxy groups -OCH3 is 1. The Morgan fingerprint density at radius 3 is 2.55 bits per heavy atom. The van der Waals surface area contributed by atoms with Crippen LogP contribution in [0.2, 0.25) is 0 Å². The lowest BCUT2D eigenvalue weighted by Crippen LogP contribution is -2.42. The summed E-state index contributed by atoms with van der Waals surface area (Å²) in [6.07, 6.45) is 3.66. The number of hydrogen-bond donors (Lipinski definition) is 2. The molecule has 1 fully saturated rings. The van der Waals surface area contributed by atoms with Gasteiger partial charge in [-0.3, -0.25) is 4.99 Å². The maximum atomic E-state index is 5.25. The Bertz CT molecular complexity index is 591. The lowest BCUT2D eigenvalue weighted by molar-refractivity contribution is 0.143. The summed E-state index contributed by atoms with van der Waals surface area (Å²) in [6.45, 7) is 14.1. The van der Waals surface area contributed by atoms with Gasteiger partial charge in [-0.15, -0.1) is 24.0 Å². The van der Waals surface area contributed by atoms with Crippen molar-refractivity contribution in [3.63, 3.8) is 0 Å². The molecule has 0 radical (unpaired) electrons. The van der Waals surface area contributed by atoms with Crippen LogP contribution in [-0.4, -0.2) is 56.7 Å². The van der Waals surface area contributed by atoms with Crippen LogP contribution in [0.25, 0.3) is 0 Å². The molecule has 1 aromatic rings. The van der Waals surface area contributed by atoms with E-state index in [4.69, 9.17) is 9.73 Å². The zero-order chi connectivity index (χ0) is 20.4. The highest BCUT2D eigenvalue weighted by atomic mass is 127. The molecule has 0 spiro atoms. The van der Waals surface area contributed by atoms with E-state index in [1.807, 2.05) is 12.1 Å². The smallest absolute Gasteiger partial charge is 0.191 e. The van der Waals surface area contributed by atoms with Crippen LogP contribution >= 0.6 is 24.0 Å². The predicted molar refractivity (Wildman–Crippen MR) is 135 cm³/mol. The van der Waals surface area contributed by atoms with Crippen LogP contribution in [0.1, 0.15) is 58.4 Å². The summed E-state index contributed by atoms with van der Waals surface area (Å²) in [5.41, 5.74) is 1.35. The molecule has 0 aliphatic carbocycles. The van der Waals surface area contributed by atoms with Gasteiger partial charge in [0.15, 0.2) is 5.96 Å². The summed E-state index contributed by atoms with van der Waals surface area (Å²) in [7, 11) is 1.71. The normalized spacial score (nSPS) is 18.8. The molecular weight excluding hydrogens is 475 g/mol. The molecule has 29 heavy (non-hydrogen) atoms. The summed E-state index contributed by atoms with van der Waals surface area (Å²) < 4.78 is 5.25. The number of likely N-dealkylation sites (tertiary alicyclic amines) is 1. The molecule has 2 rings (SSSR count). The predicted octanol–water partition coefficient (Wildman–Crippen LogP) is 4.48. The fourth-order valence-electron chi connectivity index (χ4n) is 3.78. The van der Waals surface area contributed by atoms with E-state index in [-0.39, 0.29) is 24.0 Å². The Hall–Kier alpha value is -1.02. The first kappa shape index (κ1) is 26.0. The Balaban J connectivity index is 0.00000420. The lowest BCUT2D eigenvalue weighted by atomic mass is 9.97. The van der Waals surface area contributed by atoms with Gasteiger partial charge >= 0.3 is 0 Å². The second-order valence-corrected chi connectivity index (χ2v) is 8.21. The third kappa shape index (κ3) is 9.11. The van der Waals surface area contributed by atoms with Gasteiger partial charge in [-0.25, -0.2) is 0 Å². The number of halogens is 1. The Morgan fingerprint density at radius 2 is 1.93 bits per heavy atom. The number of piperidine rings is 1. The van der Waals surface area contributed by atoms with E-state index in [1.54, 1.807) is 7.11 Å². The molecule has 1 heterocycles. The number of guanidine groups is 1. The van der Waals surface area contributed by atoms with Crippen LogP contribution in [0.3, 0.4) is 0 Å². The molecule has 2 unspecified atom stereocenters. The molecule has 1 aliphatic heterocycles. The van der Waals surface area contributed by atoms with E-state index in [0.717, 1.165) is 37.8 Å². The molecule has 1 saturated heterocycles. The second-order valence-electron chi connectivity index (χ2n) is 8.21. The maximum absolute atomic E-state index is 5.25. The summed E-state index contributed by atoms with van der Waals surface area (Å²) >= 11 is 0. The molecule has 5 nitrogen and oxygen atoms in total. The van der Waals surface area contributed by atoms with Crippen LogP contribution in [0, 0.1) is 5.92 Å². The van der Waals surface area contributed by atoms with Gasteiger partial charge in [-0.1, -0.05) is 19.1 Å². The summed E-state index contributed by atoms with van der Waals surface area (Å²) in [4.78, 5) is 7.46. The lowest BCUT2D eigenvalue weighted by Gasteiger charge is -2.34. The second kappa shape index (κ2) is 14.1. The summed E-state index contributed by atoms with van der Waals surface area (Å²) in [6, 6.07) is 9.03. The molecule has 0 bridgehead atoms. The van der Waals surface area contributed by atoms with Crippen molar-refractivity contribution in [3.8, 4) is 5.75 Å². The third-order valence-corrected chi connectivity index (χ3v) is 5.69. The average Bonchev–Trinajstić information content (AvgIpc) is 2.72. The van der Waals surface area contributed by atoms with Gasteiger partial charge in [0.1, 0.15) is 5.75 Å². The molecule has 1 aromatic carbocycles. The number of nitrogens with zero attached hydrogens (tertiary/aromatic N) is 2. The maximum Gasteiger partial charge on any atom is 0.191 e. The van der Waals surface area contributed by atoms with Crippen LogP contribution in [0.5, 0.6) is 5.75 Å². The minimum absolute atomic E-state index is 0. The van der Waals surface area contributed by atoms with E-state index >= 15 is 0 Å². The number of benzene rings is 1. The topological polar surface area (TPSA) is 48.9 Å². The molecule has 0 saturated carbocycles. The summed E-state index contributed by atoms with van der Waals surface area (Å²) in [5.74, 6) is 3.03. The van der Waals surface area contributed by atoms with Gasteiger partial charge in [0, 0.05) is 32.2 Å². The van der Waals surface area contributed by atoms with E-state index in [2.05, 4.69) is 55.4 Å². The Kier molecular flexibility index (Phi) is 12.6. The molecular formula is C23H41IN4O. The molecule has 1 aliphatic rings. The number of nitrogens with one attached hydrogen (secondary N) is 2. The number of aliphatic imine (C=N–C) groups is 1. The molecule has 6 heteroatoms. The average molecular weight is 517 g/mol. The molecule has 2 atom stereocenters. The van der Waals surface area contributed by atoms with Crippen LogP contribution < -0.4 is 15.4 Å². The van der Waals surface area contributed by atoms with Gasteiger partial charge in [-0.05, 0) is 76.1 Å². The first-order valence-electron chi connectivity index (χ1n) is 10.9. The standard InChI is InChI=1S/C23H40N4O.HI/c1-6-24-23(26-16-20-8-7-15-27(17-20)18(2)3)25-14-13-19(4)21-9-11-22(28-5)12-10-21;/h9-12,18-20H,6-8,13-17H2,1-5H3,(H2,24,25,26);1H. The van der Waals surface area contributed by atoms with Gasteiger partial charge in [0.25, 0.3) is 0 Å². The minimum Gasteiger partial charge on any atom is -0.497 e. The van der Waals surface area contributed by atoms with Gasteiger partial charge in [-0.2, -0.15) is 0 Å². The number of rotatable bonds is 9. The van der Waals surface area contributed by atoms with Crippen molar-refractivity contribution in [1.29, 1.82) is 0 Å². The van der Waals surface area contributed by atoms with Crippen molar-refractivity contribution in [3.05, 3.63) is 29.8 Å². The van der Waals surface area contributed by atoms with Crippen molar-refractivity contribution < 1.29 is 4.74 Å². The van der Waals surface area contributed by atoms with E-state index in [1.165, 1.54) is 31.5 Å². The van der Waals surface area contributed by atoms with E-state index in [0.29, 0.717) is 17.9 Å². The monoisotopic (exact) mass is 516 g/mol. The third-order valence-electron chi connectivity index (χ3n) is 5.69. The first-order valence-corrected chi connectivity index (χ1v) is 10.9. The zero-order valence-electron chi connectivity index (χ0n) is 18.9. The SMILES string of the molecule is CCNC(=NCC1CCCN(C(C)C)C1)NCCC(C)c1ccc(OC)cc1.I. The number of hydrogen-bond acceptors (Lipinski definition) is 3. The highest BCUT2D eigenvalue weighted by Crippen LogP contribution is 2.21. The fraction of sp³-hybridized carbons (Fsp3) is 0.696. The van der Waals surface area contributed by atoms with Crippen molar-refractivity contribution in [2.45, 2.75) is 58.9 Å². The highest BCUT2D eigenvalue weighted by molar-refractivity contribution is 14.0. The Labute approximate surface area is 195 Å². The summed E-state index contributed by atoms with van der Waals surface area (Å²) in [5, 5.41) is 6.91. The fourth-order valence-corrected chi connectivity index (χ4v) is 3.78. The van der Waals surface area contributed by atoms with Gasteiger partial charge in [0.05, 0.1) is 7.11 Å². The van der Waals surface area contributed by atoms with Crippen molar-refractivity contribution in [2.75, 3.05) is 39.8 Å². The first-order chi connectivity index (χ1) is 13.5. The largest absolute Gasteiger partial charge is 0.497 e. The minimum atomic E-state index is 0. The van der Waals surface area contributed by atoms with E-state index in [9.17, 15) is 0 Å². The van der Waals surface area contributed by atoms with Crippen molar-refractivity contribution >= 4 is 29.9 Å². The van der Waals surface area contributed by atoms with E-state index < -0.39 is 0 Å². The number of ether oxygens (including phenoxy) is 1. The van der Waals surface area contributed by atoms with Crippen molar-refractivity contribution in [1.82, 2.24) is 15.5 Å². The van der Waals surface area contributed by atoms with Crippen LogP contribution in [0.15, 0.2) is 29.3 Å². The van der Waals surface area contributed by atoms with Gasteiger partial charge < -0.3 is 20.3 Å². The quantitative estimate of drug-likeness (QED) is 0.289. The van der Waals surface area contributed by atoms with Crippen LogP contribution in [0.4, 0.5) is 0 Å². The molecule has 2 N–H and O–H groups in total. The van der Waals surface area contributed by atoms with Gasteiger partial charge in [0.2, 0.25) is 0 Å². The molecule has 166 valence electrons. The molecule has 0 amide bonds. The highest BCUT2D eigenvalue weighted by Gasteiger charge is 2.21.